The highest BCUT2D eigenvalue weighted by atomic mass is 16.5. The van der Waals surface area contributed by atoms with Gasteiger partial charge in [0.1, 0.15) is 5.75 Å². The van der Waals surface area contributed by atoms with E-state index in [9.17, 15) is 4.79 Å². The van der Waals surface area contributed by atoms with Crippen LogP contribution in [0.15, 0.2) is 24.3 Å². The molecule has 2 N–H and O–H groups in total. The van der Waals surface area contributed by atoms with E-state index in [4.69, 9.17) is 10.5 Å². The summed E-state index contributed by atoms with van der Waals surface area (Å²) in [7, 11) is 0. The molecular weight excluding hydrogens is 240 g/mol. The Labute approximate surface area is 114 Å². The summed E-state index contributed by atoms with van der Waals surface area (Å²) >= 11 is 0. The molecule has 2 rings (SSSR count). The zero-order valence-corrected chi connectivity index (χ0v) is 11.8. The van der Waals surface area contributed by atoms with E-state index in [1.165, 1.54) is 0 Å². The predicted molar refractivity (Wildman–Crippen MR) is 75.3 cm³/mol. The van der Waals surface area contributed by atoms with Crippen LogP contribution in [-0.2, 0) is 0 Å². The van der Waals surface area contributed by atoms with Gasteiger partial charge in [0.25, 0.3) is 5.91 Å². The van der Waals surface area contributed by atoms with E-state index in [1.807, 2.05) is 49.9 Å². The number of rotatable bonds is 3. The van der Waals surface area contributed by atoms with Gasteiger partial charge in [0.05, 0.1) is 12.1 Å². The van der Waals surface area contributed by atoms with Crippen molar-refractivity contribution in [2.24, 2.45) is 5.73 Å². The largest absolute Gasteiger partial charge is 0.494 e. The number of carbonyl (C=O) groups is 1. The summed E-state index contributed by atoms with van der Waals surface area (Å²) in [6.07, 6.45) is 0.857. The van der Waals surface area contributed by atoms with Crippen molar-refractivity contribution in [3.8, 4) is 5.75 Å². The zero-order chi connectivity index (χ0) is 14.0. The van der Waals surface area contributed by atoms with Gasteiger partial charge in [-0.25, -0.2) is 0 Å². The first-order valence-electron chi connectivity index (χ1n) is 6.77. The Morgan fingerprint density at radius 1 is 1.42 bits per heavy atom. The standard InChI is InChI=1S/C15H22N2O2/c1-4-19-12-7-5-11(6-8-12)14(18)17-10-9-13(16)15(17,2)3/h5-8,13H,4,9-10,16H2,1-3H3. The minimum Gasteiger partial charge on any atom is -0.494 e. The first-order chi connectivity index (χ1) is 8.96. The molecule has 1 heterocycles. The van der Waals surface area contributed by atoms with E-state index < -0.39 is 0 Å². The first-order valence-corrected chi connectivity index (χ1v) is 6.77. The fraction of sp³-hybridized carbons (Fsp3) is 0.533. The van der Waals surface area contributed by atoms with Crippen LogP contribution in [0.5, 0.6) is 5.75 Å². The van der Waals surface area contributed by atoms with Crippen molar-refractivity contribution in [1.82, 2.24) is 4.90 Å². The number of benzene rings is 1. The Hall–Kier alpha value is -1.55. The third-order valence-electron chi connectivity index (χ3n) is 3.92. The second-order valence-electron chi connectivity index (χ2n) is 5.46. The van der Waals surface area contributed by atoms with Crippen molar-refractivity contribution >= 4 is 5.91 Å². The maximum atomic E-state index is 12.5. The minimum absolute atomic E-state index is 0.0409. The van der Waals surface area contributed by atoms with Crippen molar-refractivity contribution < 1.29 is 9.53 Å². The van der Waals surface area contributed by atoms with Gasteiger partial charge < -0.3 is 15.4 Å². The Balaban J connectivity index is 2.16. The lowest BCUT2D eigenvalue weighted by Crippen LogP contribution is -2.51. The van der Waals surface area contributed by atoms with Gasteiger partial charge in [0, 0.05) is 18.2 Å². The molecule has 1 aromatic rings. The van der Waals surface area contributed by atoms with Crippen LogP contribution >= 0.6 is 0 Å². The second kappa shape index (κ2) is 5.21. The molecule has 19 heavy (non-hydrogen) atoms. The SMILES string of the molecule is CCOc1ccc(C(=O)N2CCC(N)C2(C)C)cc1. The molecule has 0 spiro atoms. The highest BCUT2D eigenvalue weighted by Gasteiger charge is 2.41. The summed E-state index contributed by atoms with van der Waals surface area (Å²) in [6.45, 7) is 7.34. The summed E-state index contributed by atoms with van der Waals surface area (Å²) in [6, 6.07) is 7.33. The summed E-state index contributed by atoms with van der Waals surface area (Å²) < 4.78 is 5.38. The van der Waals surface area contributed by atoms with Crippen LogP contribution in [0.25, 0.3) is 0 Å². The molecule has 0 bridgehead atoms. The molecule has 1 unspecified atom stereocenters. The summed E-state index contributed by atoms with van der Waals surface area (Å²) in [5.74, 6) is 0.831. The average Bonchev–Trinajstić information content (AvgIpc) is 2.65. The van der Waals surface area contributed by atoms with Gasteiger partial charge in [-0.15, -0.1) is 0 Å². The van der Waals surface area contributed by atoms with Gasteiger partial charge in [-0.1, -0.05) is 0 Å². The Kier molecular flexibility index (Phi) is 3.80. The minimum atomic E-state index is -0.282. The third kappa shape index (κ3) is 2.59. The molecule has 4 nitrogen and oxygen atoms in total. The van der Waals surface area contributed by atoms with E-state index in [1.54, 1.807) is 0 Å². The van der Waals surface area contributed by atoms with Crippen LogP contribution in [0, 0.1) is 0 Å². The van der Waals surface area contributed by atoms with Crippen molar-refractivity contribution in [1.29, 1.82) is 0 Å². The molecule has 0 radical (unpaired) electrons. The molecule has 1 saturated heterocycles. The summed E-state index contributed by atoms with van der Waals surface area (Å²) in [4.78, 5) is 14.4. The molecule has 1 atom stereocenters. The zero-order valence-electron chi connectivity index (χ0n) is 11.8. The Morgan fingerprint density at radius 2 is 2.05 bits per heavy atom. The number of hydrogen-bond acceptors (Lipinski definition) is 3. The summed E-state index contributed by atoms with van der Waals surface area (Å²) in [5, 5.41) is 0. The molecule has 1 aliphatic rings. The number of nitrogens with zero attached hydrogens (tertiary/aromatic N) is 1. The van der Waals surface area contributed by atoms with Crippen LogP contribution < -0.4 is 10.5 Å². The molecule has 104 valence electrons. The van der Waals surface area contributed by atoms with Crippen LogP contribution in [0.4, 0.5) is 0 Å². The lowest BCUT2D eigenvalue weighted by Gasteiger charge is -2.34. The van der Waals surface area contributed by atoms with Gasteiger partial charge in [0.15, 0.2) is 0 Å². The van der Waals surface area contributed by atoms with Crippen LogP contribution in [-0.4, -0.2) is 35.5 Å². The maximum Gasteiger partial charge on any atom is 0.254 e. The normalized spacial score (nSPS) is 21.5. The fourth-order valence-electron chi connectivity index (χ4n) is 2.49. The molecule has 1 aliphatic heterocycles. The van der Waals surface area contributed by atoms with E-state index in [0.717, 1.165) is 18.7 Å². The van der Waals surface area contributed by atoms with Crippen molar-refractivity contribution in [2.75, 3.05) is 13.2 Å². The van der Waals surface area contributed by atoms with Crippen molar-refractivity contribution in [2.45, 2.75) is 38.8 Å². The quantitative estimate of drug-likeness (QED) is 0.907. The number of ether oxygens (including phenoxy) is 1. The van der Waals surface area contributed by atoms with Crippen LogP contribution in [0.3, 0.4) is 0 Å². The average molecular weight is 262 g/mol. The Morgan fingerprint density at radius 3 is 2.53 bits per heavy atom. The number of likely N-dealkylation sites (tertiary alicyclic amines) is 1. The summed E-state index contributed by atoms with van der Waals surface area (Å²) in [5.41, 5.74) is 6.47. The predicted octanol–water partition coefficient (Wildman–Crippen LogP) is 2.04. The van der Waals surface area contributed by atoms with Gasteiger partial charge in [-0.2, -0.15) is 0 Å². The lowest BCUT2D eigenvalue weighted by molar-refractivity contribution is 0.0637. The highest BCUT2D eigenvalue weighted by molar-refractivity contribution is 5.95. The first kappa shape index (κ1) is 13.9. The van der Waals surface area contributed by atoms with Gasteiger partial charge >= 0.3 is 0 Å². The third-order valence-corrected chi connectivity index (χ3v) is 3.92. The van der Waals surface area contributed by atoms with Crippen molar-refractivity contribution in [3.05, 3.63) is 29.8 Å². The van der Waals surface area contributed by atoms with E-state index in [-0.39, 0.29) is 17.5 Å². The second-order valence-corrected chi connectivity index (χ2v) is 5.46. The number of carbonyl (C=O) groups excluding carboxylic acids is 1. The van der Waals surface area contributed by atoms with Gasteiger partial charge in [-0.3, -0.25) is 4.79 Å². The Bertz CT molecular complexity index is 454. The number of amides is 1. The van der Waals surface area contributed by atoms with Crippen molar-refractivity contribution in [3.63, 3.8) is 0 Å². The van der Waals surface area contributed by atoms with Gasteiger partial charge in [0.2, 0.25) is 0 Å². The topological polar surface area (TPSA) is 55.6 Å². The lowest BCUT2D eigenvalue weighted by atomic mass is 9.96. The maximum absolute atomic E-state index is 12.5. The van der Waals surface area contributed by atoms with E-state index in [2.05, 4.69) is 0 Å². The fourth-order valence-corrected chi connectivity index (χ4v) is 2.49. The van der Waals surface area contributed by atoms with Crippen LogP contribution in [0.2, 0.25) is 0 Å². The van der Waals surface area contributed by atoms with E-state index in [0.29, 0.717) is 12.2 Å². The van der Waals surface area contributed by atoms with E-state index >= 15 is 0 Å². The molecule has 1 fully saturated rings. The molecular formula is C15H22N2O2. The molecule has 0 saturated carbocycles. The molecule has 1 amide bonds. The van der Waals surface area contributed by atoms with Crippen LogP contribution in [0.1, 0.15) is 37.6 Å². The molecule has 4 heteroatoms. The monoisotopic (exact) mass is 262 g/mol. The molecule has 1 aromatic carbocycles. The van der Waals surface area contributed by atoms with Gasteiger partial charge in [-0.05, 0) is 51.5 Å². The number of hydrogen-bond donors (Lipinski definition) is 1. The molecule has 0 aliphatic carbocycles. The number of nitrogens with two attached hydrogens (primary N) is 1. The molecule has 0 aromatic heterocycles. The smallest absolute Gasteiger partial charge is 0.254 e. The highest BCUT2D eigenvalue weighted by Crippen LogP contribution is 2.29.